The monoisotopic (exact) mass is 210 g/mol. The van der Waals surface area contributed by atoms with Gasteiger partial charge in [0, 0.05) is 0 Å². The molecule has 1 fully saturated rings. The van der Waals surface area contributed by atoms with Gasteiger partial charge in [0.1, 0.15) is 0 Å². The molecule has 0 heterocycles. The second kappa shape index (κ2) is 5.92. The Kier molecular flexibility index (Phi) is 5.15. The maximum atomic E-state index is 2.47. The molecule has 15 heavy (non-hydrogen) atoms. The standard InChI is InChI=1S/C15H30/c1-5-6-11-15(3,4)12-14-9-7-13(2)8-10-14/h13-14H,5-12H2,1-4H3. The normalized spacial score (nSPS) is 28.0. The van der Waals surface area contributed by atoms with Gasteiger partial charge in [0.25, 0.3) is 0 Å². The van der Waals surface area contributed by atoms with Crippen molar-refractivity contribution in [1.82, 2.24) is 0 Å². The van der Waals surface area contributed by atoms with Crippen LogP contribution in [0.2, 0.25) is 0 Å². The van der Waals surface area contributed by atoms with Gasteiger partial charge >= 0.3 is 0 Å². The lowest BCUT2D eigenvalue weighted by Gasteiger charge is -2.33. The van der Waals surface area contributed by atoms with Gasteiger partial charge in [-0.15, -0.1) is 0 Å². The maximum Gasteiger partial charge on any atom is -0.0352 e. The molecule has 0 N–H and O–H groups in total. The molecule has 1 aliphatic rings. The Bertz CT molecular complexity index is 161. The Morgan fingerprint density at radius 3 is 2.20 bits per heavy atom. The first-order chi connectivity index (χ1) is 7.03. The summed E-state index contributed by atoms with van der Waals surface area (Å²) in [4.78, 5) is 0. The molecule has 0 aromatic heterocycles. The van der Waals surface area contributed by atoms with E-state index in [1.807, 2.05) is 0 Å². The average Bonchev–Trinajstić information content (AvgIpc) is 2.18. The van der Waals surface area contributed by atoms with Crippen LogP contribution in [0.4, 0.5) is 0 Å². The van der Waals surface area contributed by atoms with Crippen molar-refractivity contribution in [3.8, 4) is 0 Å². The minimum absolute atomic E-state index is 0.598. The molecule has 0 radical (unpaired) electrons. The van der Waals surface area contributed by atoms with Crippen molar-refractivity contribution in [1.29, 1.82) is 0 Å². The minimum atomic E-state index is 0.598. The molecule has 0 atom stereocenters. The van der Waals surface area contributed by atoms with E-state index in [1.165, 1.54) is 51.4 Å². The van der Waals surface area contributed by atoms with Crippen molar-refractivity contribution in [2.75, 3.05) is 0 Å². The summed E-state index contributed by atoms with van der Waals surface area (Å²) in [6.45, 7) is 9.66. The zero-order valence-electron chi connectivity index (χ0n) is 11.3. The summed E-state index contributed by atoms with van der Waals surface area (Å²) in [5, 5.41) is 0. The number of rotatable bonds is 5. The molecule has 0 spiro atoms. The maximum absolute atomic E-state index is 2.47. The van der Waals surface area contributed by atoms with Crippen LogP contribution in [-0.2, 0) is 0 Å². The lowest BCUT2D eigenvalue weighted by molar-refractivity contribution is 0.186. The molecule has 0 nitrogen and oxygen atoms in total. The topological polar surface area (TPSA) is 0 Å². The first kappa shape index (κ1) is 13.1. The van der Waals surface area contributed by atoms with Gasteiger partial charge in [0.05, 0.1) is 0 Å². The quantitative estimate of drug-likeness (QED) is 0.568. The molecule has 0 amide bonds. The third kappa shape index (κ3) is 5.04. The van der Waals surface area contributed by atoms with Gasteiger partial charge in [0.2, 0.25) is 0 Å². The van der Waals surface area contributed by atoms with Crippen molar-refractivity contribution in [3.63, 3.8) is 0 Å². The molecule has 1 saturated carbocycles. The van der Waals surface area contributed by atoms with Crippen LogP contribution in [-0.4, -0.2) is 0 Å². The SMILES string of the molecule is CCCCC(C)(C)CC1CCC(C)CC1. The highest BCUT2D eigenvalue weighted by molar-refractivity contribution is 4.77. The molecule has 0 bridgehead atoms. The van der Waals surface area contributed by atoms with E-state index in [2.05, 4.69) is 27.7 Å². The summed E-state index contributed by atoms with van der Waals surface area (Å²) < 4.78 is 0. The molecule has 1 rings (SSSR count). The van der Waals surface area contributed by atoms with Crippen molar-refractivity contribution in [2.45, 2.75) is 79.1 Å². The summed E-state index contributed by atoms with van der Waals surface area (Å²) in [5.74, 6) is 2.04. The Morgan fingerprint density at radius 1 is 1.07 bits per heavy atom. The van der Waals surface area contributed by atoms with Crippen molar-refractivity contribution >= 4 is 0 Å². The number of hydrogen-bond donors (Lipinski definition) is 0. The largest absolute Gasteiger partial charge is 0.0654 e. The summed E-state index contributed by atoms with van der Waals surface area (Å²) in [7, 11) is 0. The highest BCUT2D eigenvalue weighted by Gasteiger charge is 2.25. The molecule has 1 aliphatic carbocycles. The van der Waals surface area contributed by atoms with Crippen LogP contribution in [0.25, 0.3) is 0 Å². The second-order valence-electron chi connectivity index (χ2n) is 6.60. The lowest BCUT2D eigenvalue weighted by atomic mass is 9.72. The summed E-state index contributed by atoms with van der Waals surface area (Å²) in [5.41, 5.74) is 0.598. The van der Waals surface area contributed by atoms with Crippen molar-refractivity contribution in [2.24, 2.45) is 17.3 Å². The van der Waals surface area contributed by atoms with Gasteiger partial charge in [-0.25, -0.2) is 0 Å². The summed E-state index contributed by atoms with van der Waals surface area (Å²) >= 11 is 0. The zero-order valence-corrected chi connectivity index (χ0v) is 11.3. The van der Waals surface area contributed by atoms with E-state index in [4.69, 9.17) is 0 Å². The summed E-state index contributed by atoms with van der Waals surface area (Å²) in [6.07, 6.45) is 11.6. The first-order valence-electron chi connectivity index (χ1n) is 7.03. The molecular weight excluding hydrogens is 180 g/mol. The van der Waals surface area contributed by atoms with E-state index < -0.39 is 0 Å². The predicted octanol–water partition coefficient (Wildman–Crippen LogP) is 5.42. The third-order valence-electron chi connectivity index (χ3n) is 4.18. The minimum Gasteiger partial charge on any atom is -0.0654 e. The molecule has 0 aliphatic heterocycles. The fourth-order valence-corrected chi connectivity index (χ4v) is 3.07. The van der Waals surface area contributed by atoms with Crippen LogP contribution >= 0.6 is 0 Å². The molecule has 90 valence electrons. The molecule has 0 unspecified atom stereocenters. The Hall–Kier alpha value is 0. The van der Waals surface area contributed by atoms with Gasteiger partial charge in [-0.1, -0.05) is 66.2 Å². The highest BCUT2D eigenvalue weighted by Crippen LogP contribution is 2.38. The van der Waals surface area contributed by atoms with Crippen LogP contribution in [0.15, 0.2) is 0 Å². The van der Waals surface area contributed by atoms with Crippen LogP contribution in [0.3, 0.4) is 0 Å². The average molecular weight is 210 g/mol. The predicted molar refractivity (Wildman–Crippen MR) is 69.0 cm³/mol. The van der Waals surface area contributed by atoms with Crippen LogP contribution in [0.5, 0.6) is 0 Å². The Morgan fingerprint density at radius 2 is 1.67 bits per heavy atom. The van der Waals surface area contributed by atoms with E-state index in [0.29, 0.717) is 5.41 Å². The van der Waals surface area contributed by atoms with E-state index in [-0.39, 0.29) is 0 Å². The van der Waals surface area contributed by atoms with E-state index in [0.717, 1.165) is 11.8 Å². The molecule has 0 aromatic carbocycles. The Balaban J connectivity index is 2.27. The number of hydrogen-bond acceptors (Lipinski definition) is 0. The van der Waals surface area contributed by atoms with E-state index in [9.17, 15) is 0 Å². The van der Waals surface area contributed by atoms with Crippen LogP contribution < -0.4 is 0 Å². The van der Waals surface area contributed by atoms with Crippen molar-refractivity contribution < 1.29 is 0 Å². The van der Waals surface area contributed by atoms with Gasteiger partial charge < -0.3 is 0 Å². The Labute approximate surface area is 96.8 Å². The zero-order chi connectivity index (χ0) is 11.3. The highest BCUT2D eigenvalue weighted by atomic mass is 14.3. The third-order valence-corrected chi connectivity index (χ3v) is 4.18. The fourth-order valence-electron chi connectivity index (χ4n) is 3.07. The van der Waals surface area contributed by atoms with Crippen molar-refractivity contribution in [3.05, 3.63) is 0 Å². The smallest absolute Gasteiger partial charge is 0.0352 e. The second-order valence-corrected chi connectivity index (χ2v) is 6.60. The lowest BCUT2D eigenvalue weighted by Crippen LogP contribution is -2.21. The van der Waals surface area contributed by atoms with Gasteiger partial charge in [-0.2, -0.15) is 0 Å². The number of unbranched alkanes of at least 4 members (excludes halogenated alkanes) is 1. The molecular formula is C15H30. The van der Waals surface area contributed by atoms with Crippen LogP contribution in [0, 0.1) is 17.3 Å². The van der Waals surface area contributed by atoms with Gasteiger partial charge in [-0.05, 0) is 30.1 Å². The molecule has 0 aromatic rings. The van der Waals surface area contributed by atoms with E-state index in [1.54, 1.807) is 0 Å². The van der Waals surface area contributed by atoms with E-state index >= 15 is 0 Å². The first-order valence-corrected chi connectivity index (χ1v) is 7.03. The van der Waals surface area contributed by atoms with Gasteiger partial charge in [-0.3, -0.25) is 0 Å². The molecule has 0 saturated heterocycles. The molecule has 0 heteroatoms. The van der Waals surface area contributed by atoms with Crippen LogP contribution in [0.1, 0.15) is 79.1 Å². The fraction of sp³-hybridized carbons (Fsp3) is 1.00. The summed E-state index contributed by atoms with van der Waals surface area (Å²) in [6, 6.07) is 0. The van der Waals surface area contributed by atoms with Gasteiger partial charge in [0.15, 0.2) is 0 Å².